The van der Waals surface area contributed by atoms with Crippen LogP contribution in [0.25, 0.3) is 0 Å². The lowest BCUT2D eigenvalue weighted by Crippen LogP contribution is -2.37. The van der Waals surface area contributed by atoms with E-state index in [-0.39, 0.29) is 0 Å². The molecule has 2 aromatic carbocycles. The van der Waals surface area contributed by atoms with Crippen LogP contribution in [0.2, 0.25) is 0 Å². The van der Waals surface area contributed by atoms with Crippen molar-refractivity contribution in [2.45, 2.75) is 29.0 Å². The van der Waals surface area contributed by atoms with Gasteiger partial charge in [-0.3, -0.25) is 0 Å². The highest BCUT2D eigenvalue weighted by atomic mass is 79.9. The molecule has 2 aromatic rings. The molecule has 0 aromatic heterocycles. The third-order valence-electron chi connectivity index (χ3n) is 4.05. The van der Waals surface area contributed by atoms with Crippen LogP contribution in [0.3, 0.4) is 0 Å². The fourth-order valence-electron chi connectivity index (χ4n) is 2.91. The van der Waals surface area contributed by atoms with E-state index in [0.717, 1.165) is 22.0 Å². The van der Waals surface area contributed by atoms with Crippen LogP contribution in [0.1, 0.15) is 23.6 Å². The van der Waals surface area contributed by atoms with Gasteiger partial charge in [0.2, 0.25) is 0 Å². The monoisotopic (exact) mass is 365 g/mol. The Morgan fingerprint density at radius 3 is 2.43 bits per heavy atom. The molecule has 0 aliphatic heterocycles. The molecule has 110 valence electrons. The fraction of sp³-hybridized carbons (Fsp3) is 0.250. The van der Waals surface area contributed by atoms with E-state index in [1.807, 2.05) is 24.3 Å². The van der Waals surface area contributed by atoms with Crippen molar-refractivity contribution in [3.05, 3.63) is 64.1 Å². The van der Waals surface area contributed by atoms with Gasteiger partial charge < -0.3 is 5.73 Å². The first-order valence-electron chi connectivity index (χ1n) is 6.83. The zero-order valence-electron chi connectivity index (χ0n) is 11.4. The summed E-state index contributed by atoms with van der Waals surface area (Å²) in [7, 11) is -3.42. The van der Waals surface area contributed by atoms with Gasteiger partial charge >= 0.3 is 0 Å². The molecule has 2 unspecified atom stereocenters. The lowest BCUT2D eigenvalue weighted by atomic mass is 9.88. The molecular weight excluding hydrogens is 350 g/mol. The summed E-state index contributed by atoms with van der Waals surface area (Å²) in [4.78, 5) is 0.338. The van der Waals surface area contributed by atoms with Crippen molar-refractivity contribution in [2.75, 3.05) is 0 Å². The lowest BCUT2D eigenvalue weighted by Gasteiger charge is -2.30. The molecule has 3 nitrogen and oxygen atoms in total. The Balaban J connectivity index is 1.99. The number of fused-ring (bicyclic) bond motifs is 1. The standard InChI is InChI=1S/C16H16BrNO2S/c17-12-6-8-13(9-7-12)21(19,20)15-10-5-11-3-1-2-4-14(11)16(15)18/h1-4,6-9,15-16H,5,10,18H2. The number of hydrogen-bond donors (Lipinski definition) is 1. The van der Waals surface area contributed by atoms with Crippen molar-refractivity contribution >= 4 is 25.8 Å². The van der Waals surface area contributed by atoms with Crippen LogP contribution in [-0.2, 0) is 16.3 Å². The summed E-state index contributed by atoms with van der Waals surface area (Å²) in [5.74, 6) is 0. The van der Waals surface area contributed by atoms with Crippen LogP contribution in [0, 0.1) is 0 Å². The first kappa shape index (κ1) is 14.8. The van der Waals surface area contributed by atoms with Gasteiger partial charge in [-0.15, -0.1) is 0 Å². The minimum absolute atomic E-state index is 0.338. The first-order chi connectivity index (χ1) is 10.00. The third kappa shape index (κ3) is 2.65. The second-order valence-electron chi connectivity index (χ2n) is 5.30. The Morgan fingerprint density at radius 1 is 1.05 bits per heavy atom. The van der Waals surface area contributed by atoms with Crippen LogP contribution in [0.15, 0.2) is 57.9 Å². The Bertz CT molecular complexity index is 756. The van der Waals surface area contributed by atoms with E-state index in [9.17, 15) is 8.42 Å². The van der Waals surface area contributed by atoms with Gasteiger partial charge in [0.15, 0.2) is 9.84 Å². The number of hydrogen-bond acceptors (Lipinski definition) is 3. The summed E-state index contributed by atoms with van der Waals surface area (Å²) >= 11 is 3.32. The van der Waals surface area contributed by atoms with E-state index in [0.29, 0.717) is 11.3 Å². The molecule has 0 bridgehead atoms. The first-order valence-corrected chi connectivity index (χ1v) is 9.17. The largest absolute Gasteiger partial charge is 0.323 e. The average Bonchev–Trinajstić information content (AvgIpc) is 2.48. The highest BCUT2D eigenvalue weighted by Crippen LogP contribution is 2.35. The topological polar surface area (TPSA) is 60.2 Å². The quantitative estimate of drug-likeness (QED) is 0.888. The highest BCUT2D eigenvalue weighted by Gasteiger charge is 2.36. The molecule has 2 atom stereocenters. The molecule has 0 amide bonds. The number of nitrogens with two attached hydrogens (primary N) is 1. The van der Waals surface area contributed by atoms with Gasteiger partial charge in [-0.05, 0) is 48.2 Å². The molecular formula is C16H16BrNO2S. The van der Waals surface area contributed by atoms with E-state index >= 15 is 0 Å². The molecule has 1 aliphatic rings. The van der Waals surface area contributed by atoms with E-state index < -0.39 is 21.1 Å². The molecule has 21 heavy (non-hydrogen) atoms. The van der Waals surface area contributed by atoms with Crippen molar-refractivity contribution in [2.24, 2.45) is 5.73 Å². The molecule has 0 spiro atoms. The Hall–Kier alpha value is -1.17. The maximum Gasteiger partial charge on any atom is 0.183 e. The van der Waals surface area contributed by atoms with E-state index in [1.54, 1.807) is 24.3 Å². The summed E-state index contributed by atoms with van der Waals surface area (Å²) in [6.07, 6.45) is 1.32. The van der Waals surface area contributed by atoms with Crippen molar-refractivity contribution < 1.29 is 8.42 Å². The number of rotatable bonds is 2. The predicted molar refractivity (Wildman–Crippen MR) is 86.8 cm³/mol. The summed E-state index contributed by atoms with van der Waals surface area (Å²) in [5, 5.41) is -0.562. The van der Waals surface area contributed by atoms with Gasteiger partial charge in [0, 0.05) is 10.5 Å². The molecule has 2 N–H and O–H groups in total. The van der Waals surface area contributed by atoms with Crippen LogP contribution < -0.4 is 5.73 Å². The Morgan fingerprint density at radius 2 is 1.71 bits per heavy atom. The molecule has 0 saturated heterocycles. The van der Waals surface area contributed by atoms with Crippen LogP contribution in [0.5, 0.6) is 0 Å². The summed E-state index contributed by atoms with van der Waals surface area (Å²) in [5.41, 5.74) is 8.37. The minimum Gasteiger partial charge on any atom is -0.323 e. The van der Waals surface area contributed by atoms with Crippen LogP contribution in [-0.4, -0.2) is 13.7 Å². The van der Waals surface area contributed by atoms with E-state index in [2.05, 4.69) is 15.9 Å². The fourth-order valence-corrected chi connectivity index (χ4v) is 5.00. The molecule has 1 aliphatic carbocycles. The van der Waals surface area contributed by atoms with Crippen molar-refractivity contribution in [1.82, 2.24) is 0 Å². The number of sulfone groups is 1. The Labute approximate surface area is 133 Å². The van der Waals surface area contributed by atoms with Gasteiger partial charge in [0.05, 0.1) is 10.1 Å². The normalized spacial score (nSPS) is 21.8. The van der Waals surface area contributed by atoms with E-state index in [1.165, 1.54) is 0 Å². The second kappa shape index (κ2) is 5.55. The lowest BCUT2D eigenvalue weighted by molar-refractivity contribution is 0.521. The van der Waals surface area contributed by atoms with Crippen LogP contribution in [0.4, 0.5) is 0 Å². The smallest absolute Gasteiger partial charge is 0.183 e. The van der Waals surface area contributed by atoms with Gasteiger partial charge in [0.1, 0.15) is 0 Å². The van der Waals surface area contributed by atoms with Crippen molar-refractivity contribution in [3.8, 4) is 0 Å². The van der Waals surface area contributed by atoms with Gasteiger partial charge in [-0.25, -0.2) is 8.42 Å². The number of halogens is 1. The molecule has 0 radical (unpaired) electrons. The van der Waals surface area contributed by atoms with E-state index in [4.69, 9.17) is 5.73 Å². The zero-order chi connectivity index (χ0) is 15.0. The molecule has 0 heterocycles. The average molecular weight is 366 g/mol. The van der Waals surface area contributed by atoms with Gasteiger partial charge in [0.25, 0.3) is 0 Å². The molecule has 3 rings (SSSR count). The zero-order valence-corrected chi connectivity index (χ0v) is 13.8. The number of aryl methyl sites for hydroxylation is 1. The summed E-state index contributed by atoms with van der Waals surface area (Å²) < 4.78 is 26.5. The SMILES string of the molecule is NC1c2ccccc2CCC1S(=O)(=O)c1ccc(Br)cc1. The van der Waals surface area contributed by atoms with Gasteiger partial charge in [-0.2, -0.15) is 0 Å². The maximum absolute atomic E-state index is 12.8. The highest BCUT2D eigenvalue weighted by molar-refractivity contribution is 9.10. The summed E-state index contributed by atoms with van der Waals surface area (Å²) in [6.45, 7) is 0. The molecule has 0 saturated carbocycles. The van der Waals surface area contributed by atoms with Crippen molar-refractivity contribution in [3.63, 3.8) is 0 Å². The summed E-state index contributed by atoms with van der Waals surface area (Å²) in [6, 6.07) is 14.1. The Kier molecular flexibility index (Phi) is 3.90. The molecule has 5 heteroatoms. The van der Waals surface area contributed by atoms with Gasteiger partial charge in [-0.1, -0.05) is 40.2 Å². The number of benzene rings is 2. The third-order valence-corrected chi connectivity index (χ3v) is 6.84. The second-order valence-corrected chi connectivity index (χ2v) is 8.38. The van der Waals surface area contributed by atoms with Crippen LogP contribution >= 0.6 is 15.9 Å². The van der Waals surface area contributed by atoms with Crippen molar-refractivity contribution in [1.29, 1.82) is 0 Å². The maximum atomic E-state index is 12.8. The minimum atomic E-state index is -3.42. The predicted octanol–water partition coefficient (Wildman–Crippen LogP) is 3.24. The molecule has 0 fully saturated rings.